The molecule has 3 heteroatoms. The van der Waals surface area contributed by atoms with E-state index in [9.17, 15) is 5.11 Å². The van der Waals surface area contributed by atoms with E-state index in [1.807, 2.05) is 7.05 Å². The molecular weight excluding hydrogens is 152 g/mol. The quantitative estimate of drug-likeness (QED) is 0.615. The van der Waals surface area contributed by atoms with E-state index in [2.05, 4.69) is 17.3 Å². The zero-order valence-electron chi connectivity index (χ0n) is 8.14. The van der Waals surface area contributed by atoms with Gasteiger partial charge >= 0.3 is 0 Å². The molecule has 2 N–H and O–H groups in total. The second kappa shape index (κ2) is 4.21. The number of likely N-dealkylation sites (N-methyl/N-ethyl adjacent to an activating group) is 2. The maximum atomic E-state index is 9.82. The summed E-state index contributed by atoms with van der Waals surface area (Å²) in [4.78, 5) is 2.19. The van der Waals surface area contributed by atoms with Crippen molar-refractivity contribution in [2.75, 3.05) is 33.7 Å². The number of hydrogen-bond donors (Lipinski definition) is 2. The zero-order valence-corrected chi connectivity index (χ0v) is 8.14. The van der Waals surface area contributed by atoms with Crippen molar-refractivity contribution in [2.24, 2.45) is 0 Å². The third kappa shape index (κ3) is 2.73. The van der Waals surface area contributed by atoms with Gasteiger partial charge in [-0.1, -0.05) is 0 Å². The van der Waals surface area contributed by atoms with Crippen molar-refractivity contribution < 1.29 is 5.11 Å². The lowest BCUT2D eigenvalue weighted by atomic mass is 9.80. The van der Waals surface area contributed by atoms with E-state index in [0.29, 0.717) is 0 Å². The lowest BCUT2D eigenvalue weighted by molar-refractivity contribution is -0.0539. The van der Waals surface area contributed by atoms with Gasteiger partial charge in [-0.15, -0.1) is 0 Å². The molecule has 12 heavy (non-hydrogen) atoms. The zero-order chi connectivity index (χ0) is 9.03. The highest BCUT2D eigenvalue weighted by molar-refractivity contribution is 4.89. The molecular formula is C9H20N2O. The van der Waals surface area contributed by atoms with Gasteiger partial charge in [0.05, 0.1) is 5.60 Å². The highest BCUT2D eigenvalue weighted by Crippen LogP contribution is 2.31. The Hall–Kier alpha value is -0.120. The van der Waals surface area contributed by atoms with Crippen LogP contribution in [0, 0.1) is 0 Å². The average Bonchev–Trinajstić information content (AvgIpc) is 1.98. The molecule has 0 bridgehead atoms. The van der Waals surface area contributed by atoms with E-state index < -0.39 is 0 Å². The molecule has 0 atom stereocenters. The Morgan fingerprint density at radius 2 is 2.17 bits per heavy atom. The fourth-order valence-electron chi connectivity index (χ4n) is 1.63. The second-order valence-electron chi connectivity index (χ2n) is 3.92. The average molecular weight is 172 g/mol. The monoisotopic (exact) mass is 172 g/mol. The maximum Gasteiger partial charge on any atom is 0.0774 e. The Kier molecular flexibility index (Phi) is 3.50. The summed E-state index contributed by atoms with van der Waals surface area (Å²) in [5, 5.41) is 12.9. The molecule has 1 saturated carbocycles. The molecule has 0 amide bonds. The maximum absolute atomic E-state index is 9.82. The Morgan fingerprint density at radius 3 is 2.58 bits per heavy atom. The number of aliphatic hydroxyl groups is 1. The van der Waals surface area contributed by atoms with E-state index in [1.54, 1.807) is 0 Å². The van der Waals surface area contributed by atoms with E-state index in [-0.39, 0.29) is 5.60 Å². The minimum absolute atomic E-state index is 0.359. The minimum Gasteiger partial charge on any atom is -0.389 e. The van der Waals surface area contributed by atoms with Crippen molar-refractivity contribution in [1.82, 2.24) is 10.2 Å². The highest BCUT2D eigenvalue weighted by Gasteiger charge is 2.34. The molecule has 3 nitrogen and oxygen atoms in total. The van der Waals surface area contributed by atoms with Gasteiger partial charge in [0, 0.05) is 19.6 Å². The first-order valence-electron chi connectivity index (χ1n) is 4.72. The van der Waals surface area contributed by atoms with Gasteiger partial charge in [0.1, 0.15) is 0 Å². The summed E-state index contributed by atoms with van der Waals surface area (Å²) < 4.78 is 0. The molecule has 0 spiro atoms. The van der Waals surface area contributed by atoms with Crippen LogP contribution >= 0.6 is 0 Å². The summed E-state index contributed by atoms with van der Waals surface area (Å²) in [6.07, 6.45) is 3.16. The summed E-state index contributed by atoms with van der Waals surface area (Å²) in [5.74, 6) is 0. The van der Waals surface area contributed by atoms with Gasteiger partial charge in [-0.25, -0.2) is 0 Å². The number of nitrogens with one attached hydrogen (secondary N) is 1. The van der Waals surface area contributed by atoms with Crippen molar-refractivity contribution in [3.05, 3.63) is 0 Å². The highest BCUT2D eigenvalue weighted by atomic mass is 16.3. The normalized spacial score (nSPS) is 21.0. The molecule has 1 fully saturated rings. The summed E-state index contributed by atoms with van der Waals surface area (Å²) in [5.41, 5.74) is -0.359. The molecule has 0 aliphatic heterocycles. The van der Waals surface area contributed by atoms with Gasteiger partial charge in [-0.05, 0) is 33.4 Å². The van der Waals surface area contributed by atoms with Crippen LogP contribution in [0.2, 0.25) is 0 Å². The van der Waals surface area contributed by atoms with Crippen LogP contribution in [0.25, 0.3) is 0 Å². The molecule has 0 aromatic rings. The fourth-order valence-corrected chi connectivity index (χ4v) is 1.63. The van der Waals surface area contributed by atoms with Crippen molar-refractivity contribution >= 4 is 0 Å². The molecule has 1 rings (SSSR count). The van der Waals surface area contributed by atoms with Crippen LogP contribution in [0.4, 0.5) is 0 Å². The van der Waals surface area contributed by atoms with E-state index in [4.69, 9.17) is 0 Å². The molecule has 0 heterocycles. The summed E-state index contributed by atoms with van der Waals surface area (Å²) in [7, 11) is 4.01. The van der Waals surface area contributed by atoms with E-state index in [1.165, 1.54) is 6.42 Å². The number of rotatable bonds is 5. The SMILES string of the molecule is CNCCN(C)CC1(O)CCC1. The largest absolute Gasteiger partial charge is 0.389 e. The predicted molar refractivity (Wildman–Crippen MR) is 50.2 cm³/mol. The molecule has 1 aliphatic carbocycles. The number of hydrogen-bond acceptors (Lipinski definition) is 3. The smallest absolute Gasteiger partial charge is 0.0774 e. The van der Waals surface area contributed by atoms with Crippen LogP contribution in [0.15, 0.2) is 0 Å². The Bertz CT molecular complexity index is 134. The van der Waals surface area contributed by atoms with Crippen LogP contribution in [0.5, 0.6) is 0 Å². The van der Waals surface area contributed by atoms with E-state index >= 15 is 0 Å². The number of nitrogens with zero attached hydrogens (tertiary/aromatic N) is 1. The van der Waals surface area contributed by atoms with E-state index in [0.717, 1.165) is 32.5 Å². The fraction of sp³-hybridized carbons (Fsp3) is 1.00. The van der Waals surface area contributed by atoms with Crippen LogP contribution in [0.1, 0.15) is 19.3 Å². The van der Waals surface area contributed by atoms with Gasteiger partial charge in [0.2, 0.25) is 0 Å². The molecule has 0 aromatic heterocycles. The molecule has 0 unspecified atom stereocenters. The van der Waals surface area contributed by atoms with Gasteiger partial charge < -0.3 is 15.3 Å². The van der Waals surface area contributed by atoms with Gasteiger partial charge in [0.15, 0.2) is 0 Å². The third-order valence-corrected chi connectivity index (χ3v) is 2.59. The standard InChI is InChI=1S/C9H20N2O/c1-10-6-7-11(2)8-9(12)4-3-5-9/h10,12H,3-8H2,1-2H3. The topological polar surface area (TPSA) is 35.5 Å². The van der Waals surface area contributed by atoms with Gasteiger partial charge in [-0.3, -0.25) is 0 Å². The Labute approximate surface area is 74.8 Å². The third-order valence-electron chi connectivity index (χ3n) is 2.59. The lowest BCUT2D eigenvalue weighted by Gasteiger charge is -2.39. The van der Waals surface area contributed by atoms with Gasteiger partial charge in [0.25, 0.3) is 0 Å². The Morgan fingerprint density at radius 1 is 1.50 bits per heavy atom. The predicted octanol–water partition coefficient (Wildman–Crippen LogP) is 0.0526. The Balaban J connectivity index is 2.12. The van der Waals surface area contributed by atoms with Crippen LogP contribution in [0.3, 0.4) is 0 Å². The second-order valence-corrected chi connectivity index (χ2v) is 3.92. The van der Waals surface area contributed by atoms with Crippen LogP contribution < -0.4 is 5.32 Å². The summed E-state index contributed by atoms with van der Waals surface area (Å²) >= 11 is 0. The lowest BCUT2D eigenvalue weighted by Crippen LogP contribution is -2.47. The summed E-state index contributed by atoms with van der Waals surface area (Å²) in [6.45, 7) is 2.83. The first-order valence-corrected chi connectivity index (χ1v) is 4.72. The first kappa shape index (κ1) is 9.96. The molecule has 0 radical (unpaired) electrons. The van der Waals surface area contributed by atoms with Crippen LogP contribution in [-0.2, 0) is 0 Å². The van der Waals surface area contributed by atoms with Crippen molar-refractivity contribution in [2.45, 2.75) is 24.9 Å². The molecule has 0 aromatic carbocycles. The van der Waals surface area contributed by atoms with Crippen molar-refractivity contribution in [3.63, 3.8) is 0 Å². The molecule has 1 aliphatic rings. The van der Waals surface area contributed by atoms with Crippen molar-refractivity contribution in [1.29, 1.82) is 0 Å². The first-order chi connectivity index (χ1) is 5.66. The van der Waals surface area contributed by atoms with Gasteiger partial charge in [-0.2, -0.15) is 0 Å². The summed E-state index contributed by atoms with van der Waals surface area (Å²) in [6, 6.07) is 0. The minimum atomic E-state index is -0.359. The molecule has 72 valence electrons. The van der Waals surface area contributed by atoms with Crippen molar-refractivity contribution in [3.8, 4) is 0 Å². The van der Waals surface area contributed by atoms with Crippen LogP contribution in [-0.4, -0.2) is 49.3 Å². The molecule has 0 saturated heterocycles.